The van der Waals surface area contributed by atoms with Gasteiger partial charge in [0.1, 0.15) is 0 Å². The molecule has 0 saturated heterocycles. The van der Waals surface area contributed by atoms with Crippen molar-refractivity contribution in [2.75, 3.05) is 12.4 Å². The summed E-state index contributed by atoms with van der Waals surface area (Å²) in [5, 5.41) is 16.9. The first-order chi connectivity index (χ1) is 15.8. The Morgan fingerprint density at radius 1 is 1.24 bits per heavy atom. The van der Waals surface area contributed by atoms with Crippen LogP contribution in [0, 0.1) is 6.92 Å². The first-order valence-electron chi connectivity index (χ1n) is 10.7. The number of benzene rings is 1. The van der Waals surface area contributed by atoms with E-state index in [2.05, 4.69) is 15.4 Å². The van der Waals surface area contributed by atoms with E-state index in [0.29, 0.717) is 28.3 Å². The SMILES string of the molecule is CCCC(NC(=O)c1cnn(-c2ccc(Cl)cc2)c1C)c1ccnc(S(=O)(=O)CCCO)c1. The van der Waals surface area contributed by atoms with Crippen molar-refractivity contribution in [1.29, 1.82) is 0 Å². The van der Waals surface area contributed by atoms with Crippen LogP contribution in [0.2, 0.25) is 5.02 Å². The highest BCUT2D eigenvalue weighted by molar-refractivity contribution is 7.91. The second-order valence-electron chi connectivity index (χ2n) is 7.67. The summed E-state index contributed by atoms with van der Waals surface area (Å²) in [6.07, 6.45) is 4.48. The highest BCUT2D eigenvalue weighted by Crippen LogP contribution is 2.23. The molecule has 1 aromatic carbocycles. The standard InChI is InChI=1S/C23H27ClN4O4S/c1-3-5-21(17-10-11-25-22(14-17)33(31,32)13-4-12-29)27-23(30)20-15-26-28(16(20)2)19-8-6-18(24)7-9-19/h6-11,14-15,21,29H,3-5,12-13H2,1-2H3,(H,27,30). The van der Waals surface area contributed by atoms with E-state index in [9.17, 15) is 13.2 Å². The molecule has 0 radical (unpaired) electrons. The Labute approximate surface area is 198 Å². The molecule has 2 N–H and O–H groups in total. The molecule has 0 bridgehead atoms. The quantitative estimate of drug-likeness (QED) is 0.448. The zero-order valence-electron chi connectivity index (χ0n) is 18.5. The van der Waals surface area contributed by atoms with E-state index in [0.717, 1.165) is 12.1 Å². The fourth-order valence-electron chi connectivity index (χ4n) is 3.49. The highest BCUT2D eigenvalue weighted by Gasteiger charge is 2.22. The van der Waals surface area contributed by atoms with Crippen molar-refractivity contribution in [2.24, 2.45) is 0 Å². The lowest BCUT2D eigenvalue weighted by Crippen LogP contribution is -2.29. The van der Waals surface area contributed by atoms with E-state index >= 15 is 0 Å². The third kappa shape index (κ3) is 5.98. The molecule has 0 fully saturated rings. The second-order valence-corrected chi connectivity index (χ2v) is 10.2. The van der Waals surface area contributed by atoms with E-state index in [1.165, 1.54) is 18.5 Å². The van der Waals surface area contributed by atoms with Gasteiger partial charge < -0.3 is 10.4 Å². The highest BCUT2D eigenvalue weighted by atomic mass is 35.5. The van der Waals surface area contributed by atoms with Gasteiger partial charge in [-0.05, 0) is 61.7 Å². The molecule has 10 heteroatoms. The van der Waals surface area contributed by atoms with Gasteiger partial charge in [-0.25, -0.2) is 18.1 Å². The molecule has 1 unspecified atom stereocenters. The average Bonchev–Trinajstić information content (AvgIpc) is 3.19. The Balaban J connectivity index is 1.84. The second kappa shape index (κ2) is 10.9. The lowest BCUT2D eigenvalue weighted by Gasteiger charge is -2.19. The molecule has 3 rings (SSSR count). The number of aliphatic hydroxyl groups is 1. The van der Waals surface area contributed by atoms with E-state index in [4.69, 9.17) is 16.7 Å². The van der Waals surface area contributed by atoms with Gasteiger partial charge in [-0.1, -0.05) is 24.9 Å². The van der Waals surface area contributed by atoms with Gasteiger partial charge in [0.15, 0.2) is 14.9 Å². The van der Waals surface area contributed by atoms with E-state index in [1.54, 1.807) is 22.9 Å². The average molecular weight is 491 g/mol. The molecule has 176 valence electrons. The number of rotatable bonds is 10. The minimum absolute atomic E-state index is 0.0597. The van der Waals surface area contributed by atoms with Crippen molar-refractivity contribution < 1.29 is 18.3 Å². The summed E-state index contributed by atoms with van der Waals surface area (Å²) in [7, 11) is -3.62. The summed E-state index contributed by atoms with van der Waals surface area (Å²) in [5.74, 6) is -0.485. The van der Waals surface area contributed by atoms with Crippen molar-refractivity contribution in [3.8, 4) is 5.69 Å². The van der Waals surface area contributed by atoms with Gasteiger partial charge in [-0.3, -0.25) is 4.79 Å². The van der Waals surface area contributed by atoms with Crippen LogP contribution in [0.1, 0.15) is 53.8 Å². The summed E-state index contributed by atoms with van der Waals surface area (Å²) in [4.78, 5) is 17.1. The minimum atomic E-state index is -3.62. The van der Waals surface area contributed by atoms with Crippen molar-refractivity contribution >= 4 is 27.3 Å². The zero-order chi connectivity index (χ0) is 24.0. The fraction of sp³-hybridized carbons (Fsp3) is 0.348. The van der Waals surface area contributed by atoms with Gasteiger partial charge in [0.05, 0.1) is 34.9 Å². The smallest absolute Gasteiger partial charge is 0.255 e. The van der Waals surface area contributed by atoms with Crippen LogP contribution < -0.4 is 5.32 Å². The minimum Gasteiger partial charge on any atom is -0.396 e. The van der Waals surface area contributed by atoms with Crippen LogP contribution in [-0.2, 0) is 9.84 Å². The normalized spacial score (nSPS) is 12.5. The summed E-state index contributed by atoms with van der Waals surface area (Å²) in [6, 6.07) is 9.96. The van der Waals surface area contributed by atoms with Crippen LogP contribution in [0.25, 0.3) is 5.69 Å². The van der Waals surface area contributed by atoms with E-state index < -0.39 is 15.9 Å². The number of sulfone groups is 1. The van der Waals surface area contributed by atoms with Gasteiger partial charge in [0, 0.05) is 17.8 Å². The van der Waals surface area contributed by atoms with Gasteiger partial charge in [0.25, 0.3) is 5.91 Å². The third-order valence-electron chi connectivity index (χ3n) is 5.26. The number of halogens is 1. The maximum Gasteiger partial charge on any atom is 0.255 e. The van der Waals surface area contributed by atoms with Crippen LogP contribution in [-0.4, -0.2) is 46.6 Å². The predicted molar refractivity (Wildman–Crippen MR) is 126 cm³/mol. The largest absolute Gasteiger partial charge is 0.396 e. The number of nitrogens with one attached hydrogen (secondary N) is 1. The van der Waals surface area contributed by atoms with E-state index in [1.807, 2.05) is 26.0 Å². The molecule has 33 heavy (non-hydrogen) atoms. The van der Waals surface area contributed by atoms with Crippen LogP contribution in [0.3, 0.4) is 0 Å². The third-order valence-corrected chi connectivity index (χ3v) is 7.20. The van der Waals surface area contributed by atoms with Crippen molar-refractivity contribution in [1.82, 2.24) is 20.1 Å². The number of carbonyl (C=O) groups excluding carboxylic acids is 1. The van der Waals surface area contributed by atoms with Gasteiger partial charge in [0.2, 0.25) is 0 Å². The van der Waals surface area contributed by atoms with Crippen molar-refractivity contribution in [2.45, 2.75) is 44.2 Å². The molecule has 0 spiro atoms. The molecule has 2 heterocycles. The van der Waals surface area contributed by atoms with Crippen molar-refractivity contribution in [3.63, 3.8) is 0 Å². The zero-order valence-corrected chi connectivity index (χ0v) is 20.1. The molecule has 1 amide bonds. The number of carbonyl (C=O) groups is 1. The Kier molecular flexibility index (Phi) is 8.23. The van der Waals surface area contributed by atoms with Gasteiger partial charge in [-0.15, -0.1) is 0 Å². The molecule has 0 aliphatic heterocycles. The number of pyridine rings is 1. The number of aliphatic hydroxyl groups excluding tert-OH is 1. The molecule has 8 nitrogen and oxygen atoms in total. The van der Waals surface area contributed by atoms with Crippen LogP contribution in [0.15, 0.2) is 53.8 Å². The fourth-order valence-corrected chi connectivity index (χ4v) is 4.87. The Morgan fingerprint density at radius 2 is 1.97 bits per heavy atom. The predicted octanol–water partition coefficient (Wildman–Crippen LogP) is 3.66. The topological polar surface area (TPSA) is 114 Å². The van der Waals surface area contributed by atoms with Gasteiger partial charge in [-0.2, -0.15) is 5.10 Å². The lowest BCUT2D eigenvalue weighted by atomic mass is 10.0. The Bertz CT molecular complexity index is 1210. The maximum atomic E-state index is 13.1. The molecule has 1 atom stereocenters. The molecule has 0 aliphatic carbocycles. The van der Waals surface area contributed by atoms with Crippen molar-refractivity contribution in [3.05, 3.63) is 70.6 Å². The van der Waals surface area contributed by atoms with Gasteiger partial charge >= 0.3 is 0 Å². The van der Waals surface area contributed by atoms with Crippen LogP contribution in [0.5, 0.6) is 0 Å². The Hall–Kier alpha value is -2.75. The molecule has 3 aromatic rings. The first-order valence-corrected chi connectivity index (χ1v) is 12.7. The number of amides is 1. The summed E-state index contributed by atoms with van der Waals surface area (Å²) >= 11 is 5.96. The molecular formula is C23H27ClN4O4S. The molecule has 2 aromatic heterocycles. The van der Waals surface area contributed by atoms with E-state index in [-0.39, 0.29) is 29.7 Å². The lowest BCUT2D eigenvalue weighted by molar-refractivity contribution is 0.0933. The number of hydrogen-bond acceptors (Lipinski definition) is 6. The molecule has 0 saturated carbocycles. The summed E-state index contributed by atoms with van der Waals surface area (Å²) < 4.78 is 26.6. The first kappa shape index (κ1) is 24.9. The monoisotopic (exact) mass is 490 g/mol. The van der Waals surface area contributed by atoms with Crippen LogP contribution >= 0.6 is 11.6 Å². The summed E-state index contributed by atoms with van der Waals surface area (Å²) in [5.41, 5.74) is 2.54. The summed E-state index contributed by atoms with van der Waals surface area (Å²) in [6.45, 7) is 3.59. The molecule has 0 aliphatic rings. The number of hydrogen-bond donors (Lipinski definition) is 2. The maximum absolute atomic E-state index is 13.1. The van der Waals surface area contributed by atoms with Crippen LogP contribution in [0.4, 0.5) is 0 Å². The molecular weight excluding hydrogens is 464 g/mol. The number of nitrogens with zero attached hydrogens (tertiary/aromatic N) is 3. The number of aromatic nitrogens is 3. The Morgan fingerprint density at radius 3 is 2.64 bits per heavy atom.